The minimum atomic E-state index is -0.332. The van der Waals surface area contributed by atoms with Crippen molar-refractivity contribution in [2.24, 2.45) is 0 Å². The van der Waals surface area contributed by atoms with Crippen LogP contribution in [0, 0.1) is 5.82 Å². The lowest BCUT2D eigenvalue weighted by Gasteiger charge is -2.06. The molecule has 1 aromatic heterocycles. The van der Waals surface area contributed by atoms with Crippen LogP contribution in [0.4, 0.5) is 4.39 Å². The van der Waals surface area contributed by atoms with E-state index in [1.54, 1.807) is 36.4 Å². The zero-order valence-electron chi connectivity index (χ0n) is 13.6. The second-order valence-electron chi connectivity index (χ2n) is 5.36. The van der Waals surface area contributed by atoms with Crippen LogP contribution in [-0.4, -0.2) is 29.2 Å². The standard InChI is InChI=1S/C18H15ClFN3O3/c19-13-3-7-15(8-4-13)25-11-16(24)21-10-9-17-22-18(23-26-17)12-1-5-14(20)6-2-12/h1-8H,9-11H2,(H,21,24). The summed E-state index contributed by atoms with van der Waals surface area (Å²) in [5.41, 5.74) is 0.654. The van der Waals surface area contributed by atoms with E-state index in [2.05, 4.69) is 15.5 Å². The third kappa shape index (κ3) is 5.03. The van der Waals surface area contributed by atoms with Crippen molar-refractivity contribution in [1.29, 1.82) is 0 Å². The van der Waals surface area contributed by atoms with Crippen molar-refractivity contribution < 1.29 is 18.4 Å². The van der Waals surface area contributed by atoms with Gasteiger partial charge in [-0.15, -0.1) is 0 Å². The maximum absolute atomic E-state index is 12.9. The fourth-order valence-corrected chi connectivity index (χ4v) is 2.24. The molecule has 0 bridgehead atoms. The van der Waals surface area contributed by atoms with Crippen molar-refractivity contribution in [2.75, 3.05) is 13.2 Å². The van der Waals surface area contributed by atoms with Crippen molar-refractivity contribution >= 4 is 17.5 Å². The van der Waals surface area contributed by atoms with E-state index >= 15 is 0 Å². The summed E-state index contributed by atoms with van der Waals surface area (Å²) in [4.78, 5) is 16.0. The first-order valence-electron chi connectivity index (χ1n) is 7.84. The highest BCUT2D eigenvalue weighted by Gasteiger charge is 2.09. The lowest BCUT2D eigenvalue weighted by atomic mass is 10.2. The number of aromatic nitrogens is 2. The molecule has 0 fully saturated rings. The number of hydrogen-bond donors (Lipinski definition) is 1. The Morgan fingerprint density at radius 2 is 1.88 bits per heavy atom. The SMILES string of the molecule is O=C(COc1ccc(Cl)cc1)NCCc1nc(-c2ccc(F)cc2)no1. The van der Waals surface area contributed by atoms with Gasteiger partial charge in [-0.25, -0.2) is 4.39 Å². The summed E-state index contributed by atoms with van der Waals surface area (Å²) in [7, 11) is 0. The molecule has 0 spiro atoms. The molecule has 26 heavy (non-hydrogen) atoms. The molecular weight excluding hydrogens is 361 g/mol. The Morgan fingerprint density at radius 1 is 1.15 bits per heavy atom. The molecular formula is C18H15ClFN3O3. The number of amides is 1. The molecule has 2 aromatic carbocycles. The highest BCUT2D eigenvalue weighted by atomic mass is 35.5. The molecule has 3 rings (SSSR count). The van der Waals surface area contributed by atoms with Crippen molar-refractivity contribution in [2.45, 2.75) is 6.42 Å². The Labute approximate surface area is 153 Å². The van der Waals surface area contributed by atoms with Gasteiger partial charge in [0.05, 0.1) is 0 Å². The van der Waals surface area contributed by atoms with Gasteiger partial charge in [-0.05, 0) is 48.5 Å². The van der Waals surface area contributed by atoms with Crippen LogP contribution < -0.4 is 10.1 Å². The topological polar surface area (TPSA) is 77.2 Å². The molecule has 0 aliphatic heterocycles. The molecule has 0 saturated heterocycles. The summed E-state index contributed by atoms with van der Waals surface area (Å²) in [6, 6.07) is 12.5. The minimum Gasteiger partial charge on any atom is -0.484 e. The molecule has 0 aliphatic carbocycles. The van der Waals surface area contributed by atoms with E-state index in [1.807, 2.05) is 0 Å². The summed E-state index contributed by atoms with van der Waals surface area (Å²) >= 11 is 5.78. The van der Waals surface area contributed by atoms with Gasteiger partial charge in [0.25, 0.3) is 5.91 Å². The molecule has 0 saturated carbocycles. The molecule has 134 valence electrons. The van der Waals surface area contributed by atoms with Gasteiger partial charge < -0.3 is 14.6 Å². The van der Waals surface area contributed by atoms with Gasteiger partial charge in [-0.1, -0.05) is 16.8 Å². The van der Waals surface area contributed by atoms with Crippen LogP contribution in [0.3, 0.4) is 0 Å². The largest absolute Gasteiger partial charge is 0.484 e. The summed E-state index contributed by atoms with van der Waals surface area (Å²) in [5.74, 6) is 0.713. The van der Waals surface area contributed by atoms with Crippen LogP contribution in [0.5, 0.6) is 5.75 Å². The van der Waals surface area contributed by atoms with E-state index in [0.29, 0.717) is 41.0 Å². The van der Waals surface area contributed by atoms with Crippen LogP contribution in [0.25, 0.3) is 11.4 Å². The Bertz CT molecular complexity index is 866. The third-order valence-corrected chi connectivity index (χ3v) is 3.67. The summed E-state index contributed by atoms with van der Waals surface area (Å²) in [5, 5.41) is 7.14. The number of benzene rings is 2. The van der Waals surface area contributed by atoms with Gasteiger partial charge in [-0.3, -0.25) is 4.79 Å². The summed E-state index contributed by atoms with van der Waals surface area (Å²) < 4.78 is 23.4. The zero-order chi connectivity index (χ0) is 18.4. The Hall–Kier alpha value is -2.93. The van der Waals surface area contributed by atoms with Gasteiger partial charge in [-0.2, -0.15) is 4.98 Å². The highest BCUT2D eigenvalue weighted by Crippen LogP contribution is 2.16. The molecule has 0 unspecified atom stereocenters. The Morgan fingerprint density at radius 3 is 2.62 bits per heavy atom. The van der Waals surface area contributed by atoms with Crippen molar-refractivity contribution in [3.8, 4) is 17.1 Å². The average molecular weight is 376 g/mol. The monoisotopic (exact) mass is 375 g/mol. The van der Waals surface area contributed by atoms with E-state index < -0.39 is 0 Å². The highest BCUT2D eigenvalue weighted by molar-refractivity contribution is 6.30. The van der Waals surface area contributed by atoms with Crippen LogP contribution in [0.1, 0.15) is 5.89 Å². The second-order valence-corrected chi connectivity index (χ2v) is 5.80. The van der Waals surface area contributed by atoms with E-state index in [4.69, 9.17) is 20.9 Å². The lowest BCUT2D eigenvalue weighted by molar-refractivity contribution is -0.123. The Kier molecular flexibility index (Phi) is 5.80. The molecule has 0 aliphatic rings. The molecule has 6 nitrogen and oxygen atoms in total. The van der Waals surface area contributed by atoms with E-state index in [-0.39, 0.29) is 18.3 Å². The van der Waals surface area contributed by atoms with E-state index in [9.17, 15) is 9.18 Å². The number of hydrogen-bond acceptors (Lipinski definition) is 5. The number of halogens is 2. The maximum Gasteiger partial charge on any atom is 0.257 e. The fourth-order valence-electron chi connectivity index (χ4n) is 2.11. The predicted octanol–water partition coefficient (Wildman–Crippen LogP) is 3.27. The first-order valence-corrected chi connectivity index (χ1v) is 8.21. The van der Waals surface area contributed by atoms with Gasteiger partial charge >= 0.3 is 0 Å². The average Bonchev–Trinajstić information content (AvgIpc) is 3.11. The predicted molar refractivity (Wildman–Crippen MR) is 93.4 cm³/mol. The minimum absolute atomic E-state index is 0.105. The molecule has 8 heteroatoms. The van der Waals surface area contributed by atoms with Crippen LogP contribution in [0.2, 0.25) is 5.02 Å². The molecule has 1 N–H and O–H groups in total. The van der Waals surface area contributed by atoms with Crippen molar-refractivity contribution in [3.05, 3.63) is 65.3 Å². The van der Waals surface area contributed by atoms with Crippen LogP contribution in [0.15, 0.2) is 53.1 Å². The smallest absolute Gasteiger partial charge is 0.257 e. The van der Waals surface area contributed by atoms with Gasteiger partial charge in [0.1, 0.15) is 11.6 Å². The molecule has 1 heterocycles. The third-order valence-electron chi connectivity index (χ3n) is 3.42. The fraction of sp³-hybridized carbons (Fsp3) is 0.167. The quantitative estimate of drug-likeness (QED) is 0.685. The maximum atomic E-state index is 12.9. The van der Waals surface area contributed by atoms with Crippen LogP contribution >= 0.6 is 11.6 Å². The number of rotatable bonds is 7. The normalized spacial score (nSPS) is 10.5. The van der Waals surface area contributed by atoms with E-state index in [1.165, 1.54) is 12.1 Å². The van der Waals surface area contributed by atoms with Gasteiger partial charge in [0.15, 0.2) is 6.61 Å². The number of carbonyl (C=O) groups is 1. The van der Waals surface area contributed by atoms with Gasteiger partial charge in [0, 0.05) is 23.6 Å². The zero-order valence-corrected chi connectivity index (χ0v) is 14.4. The summed E-state index contributed by atoms with van der Waals surface area (Å²) in [6.45, 7) is 0.222. The summed E-state index contributed by atoms with van der Waals surface area (Å²) in [6.07, 6.45) is 0.376. The molecule has 3 aromatic rings. The van der Waals surface area contributed by atoms with Crippen molar-refractivity contribution in [1.82, 2.24) is 15.5 Å². The lowest BCUT2D eigenvalue weighted by Crippen LogP contribution is -2.30. The number of nitrogens with one attached hydrogen (secondary N) is 1. The van der Waals surface area contributed by atoms with E-state index in [0.717, 1.165) is 0 Å². The first kappa shape index (κ1) is 17.9. The number of nitrogens with zero attached hydrogens (tertiary/aromatic N) is 2. The number of ether oxygens (including phenoxy) is 1. The van der Waals surface area contributed by atoms with Gasteiger partial charge in [0.2, 0.25) is 11.7 Å². The molecule has 0 atom stereocenters. The van der Waals surface area contributed by atoms with Crippen molar-refractivity contribution in [3.63, 3.8) is 0 Å². The van der Waals surface area contributed by atoms with Crippen LogP contribution in [-0.2, 0) is 11.2 Å². The number of carbonyl (C=O) groups excluding carboxylic acids is 1. The second kappa shape index (κ2) is 8.44. The molecule has 0 radical (unpaired) electrons. The Balaban J connectivity index is 1.42. The molecule has 1 amide bonds. The first-order chi connectivity index (χ1) is 12.6.